The van der Waals surface area contributed by atoms with Crippen LogP contribution in [0.2, 0.25) is 0 Å². The molecule has 0 radical (unpaired) electrons. The molecule has 1 N–H and O–H groups in total. The summed E-state index contributed by atoms with van der Waals surface area (Å²) >= 11 is 0. The summed E-state index contributed by atoms with van der Waals surface area (Å²) in [7, 11) is 1.49. The van der Waals surface area contributed by atoms with Crippen LogP contribution >= 0.6 is 0 Å². The normalized spacial score (nSPS) is 18.0. The third-order valence-electron chi connectivity index (χ3n) is 4.18. The quantitative estimate of drug-likeness (QED) is 0.930. The molecule has 0 amide bonds. The van der Waals surface area contributed by atoms with Gasteiger partial charge >= 0.3 is 0 Å². The van der Waals surface area contributed by atoms with Crippen LogP contribution in [0.25, 0.3) is 0 Å². The summed E-state index contributed by atoms with van der Waals surface area (Å²) in [5, 5.41) is 26.0. The van der Waals surface area contributed by atoms with Crippen LogP contribution in [0, 0.1) is 11.3 Å². The van der Waals surface area contributed by atoms with Crippen LogP contribution in [0.1, 0.15) is 36.6 Å². The van der Waals surface area contributed by atoms with Crippen molar-refractivity contribution in [3.8, 4) is 17.6 Å². The minimum Gasteiger partial charge on any atom is -0.504 e. The lowest BCUT2D eigenvalue weighted by molar-refractivity contribution is 0.196. The Labute approximate surface area is 141 Å². The molecule has 24 heavy (non-hydrogen) atoms. The number of benzene rings is 2. The van der Waals surface area contributed by atoms with E-state index in [-0.39, 0.29) is 11.8 Å². The highest BCUT2D eigenvalue weighted by Crippen LogP contribution is 2.39. The number of hydrazone groups is 1. The second-order valence-electron chi connectivity index (χ2n) is 5.81. The zero-order chi connectivity index (χ0) is 17.1. The Morgan fingerprint density at radius 2 is 2.04 bits per heavy atom. The lowest BCUT2D eigenvalue weighted by atomic mass is 9.99. The van der Waals surface area contributed by atoms with E-state index in [1.807, 2.05) is 30.1 Å². The molecular weight excluding hydrogens is 302 g/mol. The molecule has 1 aliphatic rings. The van der Waals surface area contributed by atoms with E-state index in [0.29, 0.717) is 5.75 Å². The summed E-state index contributed by atoms with van der Waals surface area (Å²) in [5.74, 6) is 0.405. The fraction of sp³-hybridized carbons (Fsp3) is 0.263. The van der Waals surface area contributed by atoms with Crippen molar-refractivity contribution in [3.05, 3.63) is 59.7 Å². The van der Waals surface area contributed by atoms with Gasteiger partial charge in [-0.3, -0.25) is 5.01 Å². The first-order valence-electron chi connectivity index (χ1n) is 7.78. The molecule has 0 spiro atoms. The smallest absolute Gasteiger partial charge is 0.160 e. The van der Waals surface area contributed by atoms with Crippen LogP contribution < -0.4 is 4.74 Å². The molecule has 0 fully saturated rings. The maximum absolute atomic E-state index is 9.78. The standard InChI is InChI=1S/C19H19N3O2/c1-13-10-16(14-6-4-3-5-7-14)22(21-13)17(12-20)15-8-9-18(23)19(11-15)24-2/h3-9,11,16-17,23H,10H2,1-2H3/t16-,17-/m0/s1. The molecule has 1 heterocycles. The van der Waals surface area contributed by atoms with Crippen LogP contribution in [-0.2, 0) is 0 Å². The Bertz CT molecular complexity index is 796. The summed E-state index contributed by atoms with van der Waals surface area (Å²) in [6.45, 7) is 1.97. The van der Waals surface area contributed by atoms with Gasteiger partial charge in [-0.05, 0) is 30.2 Å². The lowest BCUT2D eigenvalue weighted by Crippen LogP contribution is -2.24. The first-order valence-corrected chi connectivity index (χ1v) is 7.78. The first-order chi connectivity index (χ1) is 11.6. The molecule has 3 rings (SSSR count). The largest absolute Gasteiger partial charge is 0.504 e. The predicted molar refractivity (Wildman–Crippen MR) is 91.8 cm³/mol. The number of rotatable bonds is 4. The first kappa shape index (κ1) is 15.9. The molecule has 2 atom stereocenters. The van der Waals surface area contributed by atoms with E-state index in [2.05, 4.69) is 23.3 Å². The molecule has 0 saturated heterocycles. The summed E-state index contributed by atoms with van der Waals surface area (Å²) in [6.07, 6.45) is 0.789. The molecule has 0 saturated carbocycles. The number of hydrogen-bond donors (Lipinski definition) is 1. The van der Waals surface area contributed by atoms with E-state index in [1.165, 1.54) is 7.11 Å². The van der Waals surface area contributed by atoms with Crippen LogP contribution in [0.3, 0.4) is 0 Å². The van der Waals surface area contributed by atoms with Crippen molar-refractivity contribution in [1.82, 2.24) is 5.01 Å². The Hall–Kier alpha value is -3.00. The maximum atomic E-state index is 9.78. The summed E-state index contributed by atoms with van der Waals surface area (Å²) in [5.41, 5.74) is 2.87. The van der Waals surface area contributed by atoms with Crippen LogP contribution in [0.5, 0.6) is 11.5 Å². The Kier molecular flexibility index (Phi) is 4.39. The van der Waals surface area contributed by atoms with Gasteiger partial charge in [-0.15, -0.1) is 0 Å². The van der Waals surface area contributed by atoms with Crippen LogP contribution in [0.15, 0.2) is 53.6 Å². The SMILES string of the molecule is COc1cc([C@H](C#N)N2N=C(C)C[C@H]2c2ccccc2)ccc1O. The molecular formula is C19H19N3O2. The number of phenols is 1. The van der Waals surface area contributed by atoms with Crippen LogP contribution in [0.4, 0.5) is 0 Å². The molecule has 1 aliphatic heterocycles. The third kappa shape index (κ3) is 2.91. The number of ether oxygens (including phenoxy) is 1. The van der Waals surface area contributed by atoms with E-state index >= 15 is 0 Å². The van der Waals surface area contributed by atoms with Gasteiger partial charge in [0, 0.05) is 12.1 Å². The molecule has 122 valence electrons. The van der Waals surface area contributed by atoms with Gasteiger partial charge in [0.15, 0.2) is 17.5 Å². The minimum absolute atomic E-state index is 0.0237. The van der Waals surface area contributed by atoms with Gasteiger partial charge < -0.3 is 9.84 Å². The Morgan fingerprint density at radius 1 is 1.29 bits per heavy atom. The van der Waals surface area contributed by atoms with Crippen molar-refractivity contribution in [2.24, 2.45) is 5.10 Å². The van der Waals surface area contributed by atoms with Crippen molar-refractivity contribution >= 4 is 5.71 Å². The van der Waals surface area contributed by atoms with Crippen molar-refractivity contribution in [3.63, 3.8) is 0 Å². The number of aromatic hydroxyl groups is 1. The molecule has 0 unspecified atom stereocenters. The number of methoxy groups -OCH3 is 1. The molecule has 2 aromatic carbocycles. The average Bonchev–Trinajstić information content (AvgIpc) is 2.99. The maximum Gasteiger partial charge on any atom is 0.160 e. The second kappa shape index (κ2) is 6.63. The zero-order valence-electron chi connectivity index (χ0n) is 13.7. The van der Waals surface area contributed by atoms with Gasteiger partial charge in [-0.2, -0.15) is 10.4 Å². The molecule has 0 bridgehead atoms. The Morgan fingerprint density at radius 3 is 2.71 bits per heavy atom. The van der Waals surface area contributed by atoms with E-state index in [0.717, 1.165) is 23.3 Å². The van der Waals surface area contributed by atoms with Crippen molar-refractivity contribution in [2.45, 2.75) is 25.4 Å². The van der Waals surface area contributed by atoms with Gasteiger partial charge in [-0.1, -0.05) is 36.4 Å². The fourth-order valence-electron chi connectivity index (χ4n) is 3.02. The topological polar surface area (TPSA) is 68.8 Å². The van der Waals surface area contributed by atoms with Crippen LogP contribution in [-0.4, -0.2) is 22.9 Å². The number of nitrogens with zero attached hydrogens (tertiary/aromatic N) is 3. The highest BCUT2D eigenvalue weighted by Gasteiger charge is 2.33. The van der Waals surface area contributed by atoms with Crippen molar-refractivity contribution in [2.75, 3.05) is 7.11 Å². The van der Waals surface area contributed by atoms with E-state index < -0.39 is 6.04 Å². The number of hydrogen-bond acceptors (Lipinski definition) is 5. The predicted octanol–water partition coefficient (Wildman–Crippen LogP) is 3.79. The monoisotopic (exact) mass is 321 g/mol. The fourth-order valence-corrected chi connectivity index (χ4v) is 3.02. The molecule has 2 aromatic rings. The van der Waals surface area contributed by atoms with Crippen molar-refractivity contribution < 1.29 is 9.84 Å². The van der Waals surface area contributed by atoms with E-state index in [1.54, 1.807) is 18.2 Å². The molecule has 5 nitrogen and oxygen atoms in total. The average molecular weight is 321 g/mol. The number of phenolic OH excluding ortho intramolecular Hbond substituents is 1. The highest BCUT2D eigenvalue weighted by molar-refractivity contribution is 5.84. The van der Waals surface area contributed by atoms with Gasteiger partial charge in [0.2, 0.25) is 0 Å². The second-order valence-corrected chi connectivity index (χ2v) is 5.81. The van der Waals surface area contributed by atoms with Gasteiger partial charge in [0.1, 0.15) is 0 Å². The van der Waals surface area contributed by atoms with E-state index in [9.17, 15) is 10.4 Å². The third-order valence-corrected chi connectivity index (χ3v) is 4.18. The minimum atomic E-state index is -0.554. The van der Waals surface area contributed by atoms with Crippen molar-refractivity contribution in [1.29, 1.82) is 5.26 Å². The lowest BCUT2D eigenvalue weighted by Gasteiger charge is -2.28. The van der Waals surface area contributed by atoms with E-state index in [4.69, 9.17) is 4.74 Å². The summed E-state index contributed by atoms with van der Waals surface area (Å²) < 4.78 is 5.16. The molecule has 0 aliphatic carbocycles. The molecule has 5 heteroatoms. The highest BCUT2D eigenvalue weighted by atomic mass is 16.5. The van der Waals surface area contributed by atoms with Gasteiger partial charge in [-0.25, -0.2) is 0 Å². The van der Waals surface area contributed by atoms with Gasteiger partial charge in [0.05, 0.1) is 19.2 Å². The Balaban J connectivity index is 1.98. The molecule has 0 aromatic heterocycles. The summed E-state index contributed by atoms with van der Waals surface area (Å²) in [4.78, 5) is 0. The zero-order valence-corrected chi connectivity index (χ0v) is 13.7. The summed E-state index contributed by atoms with van der Waals surface area (Å²) in [6, 6.07) is 16.8. The van der Waals surface area contributed by atoms with Gasteiger partial charge in [0.25, 0.3) is 0 Å². The number of nitriles is 1.